The Bertz CT molecular complexity index is 1240. The van der Waals surface area contributed by atoms with Gasteiger partial charge in [-0.05, 0) is 48.7 Å². The summed E-state index contributed by atoms with van der Waals surface area (Å²) >= 11 is 0. The van der Waals surface area contributed by atoms with E-state index in [2.05, 4.69) is 4.90 Å². The van der Waals surface area contributed by atoms with Gasteiger partial charge in [0.15, 0.2) is 11.5 Å². The van der Waals surface area contributed by atoms with Crippen LogP contribution < -0.4 is 14.2 Å². The molecule has 3 atom stereocenters. The number of benzene rings is 2. The van der Waals surface area contributed by atoms with Gasteiger partial charge in [-0.1, -0.05) is 25.1 Å². The van der Waals surface area contributed by atoms with Crippen molar-refractivity contribution in [2.24, 2.45) is 0 Å². The normalized spacial score (nSPS) is 20.6. The Balaban J connectivity index is 1.65. The summed E-state index contributed by atoms with van der Waals surface area (Å²) in [4.78, 5) is 14.0. The minimum Gasteiger partial charge on any atom is -0.497 e. The molecule has 4 rings (SSSR count). The summed E-state index contributed by atoms with van der Waals surface area (Å²) in [5, 5.41) is 9.72. The highest BCUT2D eigenvalue weighted by Gasteiger charge is 2.46. The Labute approximate surface area is 235 Å². The van der Waals surface area contributed by atoms with E-state index in [0.29, 0.717) is 49.9 Å². The van der Waals surface area contributed by atoms with Gasteiger partial charge in [-0.15, -0.1) is 0 Å². The number of sulfonamides is 1. The molecule has 1 fully saturated rings. The van der Waals surface area contributed by atoms with E-state index in [1.54, 1.807) is 7.11 Å². The summed E-state index contributed by atoms with van der Waals surface area (Å²) in [5.41, 5.74) is 1.70. The first-order valence-corrected chi connectivity index (χ1v) is 15.1. The Kier molecular flexibility index (Phi) is 10.1. The fourth-order valence-corrected chi connectivity index (χ4v) is 6.76. The molecule has 12 heteroatoms. The van der Waals surface area contributed by atoms with E-state index in [-0.39, 0.29) is 31.6 Å². The number of nitrogens with zero attached hydrogens (tertiary/aromatic N) is 2. The van der Waals surface area contributed by atoms with Crippen molar-refractivity contribution in [1.29, 1.82) is 0 Å². The molecule has 2 aliphatic heterocycles. The Morgan fingerprint density at radius 2 is 1.80 bits per heavy atom. The van der Waals surface area contributed by atoms with Gasteiger partial charge in [0.1, 0.15) is 11.9 Å². The van der Waals surface area contributed by atoms with Gasteiger partial charge in [0.25, 0.3) is 0 Å². The van der Waals surface area contributed by atoms with E-state index in [1.807, 2.05) is 56.3 Å². The Morgan fingerprint density at radius 1 is 1.07 bits per heavy atom. The summed E-state index contributed by atoms with van der Waals surface area (Å²) < 4.78 is 54.9. The van der Waals surface area contributed by atoms with E-state index in [1.165, 1.54) is 4.31 Å². The third kappa shape index (κ3) is 6.98. The third-order valence-corrected chi connectivity index (χ3v) is 9.08. The van der Waals surface area contributed by atoms with Crippen LogP contribution in [0.2, 0.25) is 0 Å². The molecule has 0 amide bonds. The van der Waals surface area contributed by atoms with Crippen molar-refractivity contribution in [2.75, 3.05) is 59.0 Å². The van der Waals surface area contributed by atoms with Gasteiger partial charge in [-0.25, -0.2) is 17.5 Å². The molecule has 0 bridgehead atoms. The van der Waals surface area contributed by atoms with Crippen molar-refractivity contribution in [3.05, 3.63) is 53.6 Å². The van der Waals surface area contributed by atoms with E-state index >= 15 is 0 Å². The first-order valence-electron chi connectivity index (χ1n) is 13.5. The molecule has 2 aliphatic rings. The molecule has 1 saturated heterocycles. The lowest BCUT2D eigenvalue weighted by molar-refractivity contribution is 0.0283. The Morgan fingerprint density at radius 3 is 2.48 bits per heavy atom. The lowest BCUT2D eigenvalue weighted by atomic mass is 9.90. The maximum absolute atomic E-state index is 13.1. The van der Waals surface area contributed by atoms with Crippen molar-refractivity contribution >= 4 is 16.2 Å². The highest BCUT2D eigenvalue weighted by molar-refractivity contribution is 7.89. The predicted octanol–water partition coefficient (Wildman–Crippen LogP) is 3.71. The standard InChI is InChI=1S/C28H38N2O9S/c1-4-12-30(40(33,34)16-15-36-5-2)14-13-29-18-23(21-8-11-24-25(17-21)38-19-37-24)27(39-28(31)32)26(29)20-6-9-22(35-3)10-7-20/h6-11,17,23,26-27H,4-5,12-16,18-19H2,1-3H3,(H,31,32)/t23-,26-,27+/m1/s1. The van der Waals surface area contributed by atoms with Crippen LogP contribution in [0.25, 0.3) is 0 Å². The minimum absolute atomic E-state index is 0.0900. The van der Waals surface area contributed by atoms with Crippen molar-refractivity contribution in [2.45, 2.75) is 38.3 Å². The average molecular weight is 579 g/mol. The van der Waals surface area contributed by atoms with Crippen LogP contribution in [-0.4, -0.2) is 94.0 Å². The van der Waals surface area contributed by atoms with Crippen molar-refractivity contribution in [1.82, 2.24) is 9.21 Å². The van der Waals surface area contributed by atoms with Crippen LogP contribution in [0.5, 0.6) is 17.2 Å². The molecule has 0 spiro atoms. The summed E-state index contributed by atoms with van der Waals surface area (Å²) in [7, 11) is -1.95. The maximum Gasteiger partial charge on any atom is 0.506 e. The summed E-state index contributed by atoms with van der Waals surface area (Å²) in [5.74, 6) is 1.49. The van der Waals surface area contributed by atoms with Gasteiger partial charge in [0, 0.05) is 38.7 Å². The molecule has 0 unspecified atom stereocenters. The number of likely N-dealkylation sites (tertiary alicyclic amines) is 1. The molecule has 2 aromatic carbocycles. The lowest BCUT2D eigenvalue weighted by Gasteiger charge is -2.30. The maximum atomic E-state index is 13.1. The highest BCUT2D eigenvalue weighted by Crippen LogP contribution is 2.45. The smallest absolute Gasteiger partial charge is 0.497 e. The van der Waals surface area contributed by atoms with Crippen LogP contribution in [0.3, 0.4) is 0 Å². The molecule has 0 aromatic heterocycles. The first kappa shape index (κ1) is 29.9. The summed E-state index contributed by atoms with van der Waals surface area (Å²) in [6.45, 7) is 5.95. The summed E-state index contributed by atoms with van der Waals surface area (Å²) in [6, 6.07) is 12.5. The minimum atomic E-state index is -3.54. The monoisotopic (exact) mass is 578 g/mol. The SMILES string of the molecule is CCCN(CCN1C[C@H](c2ccc3c(c2)OCO3)[C@H](OC(=O)O)[C@H]1c1ccc(OC)cc1)S(=O)(=O)CCOCC. The number of methoxy groups -OCH3 is 1. The fourth-order valence-electron chi connectivity index (χ4n) is 5.35. The second-order valence-corrected chi connectivity index (χ2v) is 11.8. The van der Waals surface area contributed by atoms with Gasteiger partial charge in [0.05, 0.1) is 25.5 Å². The average Bonchev–Trinajstić information content (AvgIpc) is 3.55. The Hall–Kier alpha value is -3.06. The molecule has 0 radical (unpaired) electrons. The molecular formula is C28H38N2O9S. The second-order valence-electron chi connectivity index (χ2n) is 9.69. The topological polar surface area (TPSA) is 124 Å². The zero-order valence-electron chi connectivity index (χ0n) is 23.2. The number of fused-ring (bicyclic) bond motifs is 1. The van der Waals surface area contributed by atoms with Gasteiger partial charge in [-0.3, -0.25) is 4.90 Å². The van der Waals surface area contributed by atoms with Gasteiger partial charge >= 0.3 is 6.16 Å². The molecule has 0 saturated carbocycles. The van der Waals surface area contributed by atoms with Crippen LogP contribution in [0.4, 0.5) is 4.79 Å². The van der Waals surface area contributed by atoms with E-state index in [0.717, 1.165) is 11.1 Å². The number of carboxylic acid groups (broad SMARTS) is 1. The number of rotatable bonds is 14. The van der Waals surface area contributed by atoms with Crippen LogP contribution in [-0.2, 0) is 19.5 Å². The lowest BCUT2D eigenvalue weighted by Crippen LogP contribution is -2.41. The molecule has 0 aliphatic carbocycles. The van der Waals surface area contributed by atoms with Gasteiger partial charge in [-0.2, -0.15) is 0 Å². The zero-order chi connectivity index (χ0) is 28.7. The van der Waals surface area contributed by atoms with Crippen LogP contribution in [0.1, 0.15) is 43.4 Å². The molecule has 220 valence electrons. The van der Waals surface area contributed by atoms with E-state index < -0.39 is 28.3 Å². The quantitative estimate of drug-likeness (QED) is 0.262. The first-order chi connectivity index (χ1) is 19.3. The molecule has 2 heterocycles. The molecule has 40 heavy (non-hydrogen) atoms. The molecule has 1 N–H and O–H groups in total. The second kappa shape index (κ2) is 13.5. The summed E-state index contributed by atoms with van der Waals surface area (Å²) in [6.07, 6.45) is -1.46. The van der Waals surface area contributed by atoms with Crippen LogP contribution in [0.15, 0.2) is 42.5 Å². The fraction of sp³-hybridized carbons (Fsp3) is 0.536. The number of hydrogen-bond donors (Lipinski definition) is 1. The van der Waals surface area contributed by atoms with Crippen molar-refractivity contribution < 1.29 is 42.0 Å². The van der Waals surface area contributed by atoms with Crippen LogP contribution >= 0.6 is 0 Å². The molecular weight excluding hydrogens is 540 g/mol. The molecule has 11 nitrogen and oxygen atoms in total. The predicted molar refractivity (Wildman–Crippen MR) is 148 cm³/mol. The van der Waals surface area contributed by atoms with Gasteiger partial charge < -0.3 is 28.8 Å². The number of ether oxygens (including phenoxy) is 5. The van der Waals surface area contributed by atoms with Crippen molar-refractivity contribution in [3.63, 3.8) is 0 Å². The highest BCUT2D eigenvalue weighted by atomic mass is 32.2. The number of hydrogen-bond acceptors (Lipinski definition) is 9. The van der Waals surface area contributed by atoms with Crippen LogP contribution in [0, 0.1) is 0 Å². The largest absolute Gasteiger partial charge is 0.506 e. The zero-order valence-corrected chi connectivity index (χ0v) is 24.0. The van der Waals surface area contributed by atoms with Gasteiger partial charge in [0.2, 0.25) is 16.8 Å². The van der Waals surface area contributed by atoms with E-state index in [9.17, 15) is 18.3 Å². The van der Waals surface area contributed by atoms with E-state index in [4.69, 9.17) is 23.7 Å². The third-order valence-electron chi connectivity index (χ3n) is 7.24. The molecule has 2 aromatic rings. The number of carbonyl (C=O) groups is 1. The van der Waals surface area contributed by atoms with Crippen molar-refractivity contribution in [3.8, 4) is 17.2 Å².